The maximum absolute atomic E-state index is 11.8. The van der Waals surface area contributed by atoms with Gasteiger partial charge in [-0.25, -0.2) is 4.98 Å². The van der Waals surface area contributed by atoms with Crippen LogP contribution >= 0.6 is 0 Å². The molecule has 0 aliphatic heterocycles. The Labute approximate surface area is 107 Å². The van der Waals surface area contributed by atoms with Crippen molar-refractivity contribution < 1.29 is 4.79 Å². The van der Waals surface area contributed by atoms with Crippen molar-refractivity contribution in [1.29, 1.82) is 0 Å². The maximum atomic E-state index is 11.8. The van der Waals surface area contributed by atoms with Gasteiger partial charge in [-0.3, -0.25) is 14.7 Å². The van der Waals surface area contributed by atoms with Crippen LogP contribution in [0, 0.1) is 0 Å². The standard InChI is InChI=1S/C12H19N5O/c1-8(17(2)9-3-4-9)5-15-12(18)10-6-14-7-11(13)16-10/h6-9H,3-5H2,1-2H3,(H2,13,16)(H,15,18). The van der Waals surface area contributed by atoms with E-state index in [0.29, 0.717) is 18.6 Å². The fraction of sp³-hybridized carbons (Fsp3) is 0.583. The summed E-state index contributed by atoms with van der Waals surface area (Å²) in [7, 11) is 2.09. The van der Waals surface area contributed by atoms with E-state index in [4.69, 9.17) is 5.73 Å². The van der Waals surface area contributed by atoms with Crippen molar-refractivity contribution in [2.45, 2.75) is 31.8 Å². The number of nitrogens with one attached hydrogen (secondary N) is 1. The molecule has 1 amide bonds. The third kappa shape index (κ3) is 3.16. The van der Waals surface area contributed by atoms with Crippen LogP contribution in [0.25, 0.3) is 0 Å². The number of anilines is 1. The lowest BCUT2D eigenvalue weighted by molar-refractivity contribution is 0.0934. The van der Waals surface area contributed by atoms with E-state index in [1.54, 1.807) is 0 Å². The zero-order valence-corrected chi connectivity index (χ0v) is 10.8. The van der Waals surface area contributed by atoms with Crippen molar-refractivity contribution in [3.05, 3.63) is 18.1 Å². The van der Waals surface area contributed by atoms with Crippen LogP contribution in [0.1, 0.15) is 30.3 Å². The predicted molar refractivity (Wildman–Crippen MR) is 69.0 cm³/mol. The number of rotatable bonds is 5. The Bertz CT molecular complexity index is 432. The number of nitrogens with two attached hydrogens (primary N) is 1. The highest BCUT2D eigenvalue weighted by atomic mass is 16.1. The van der Waals surface area contributed by atoms with Crippen LogP contribution in [0.5, 0.6) is 0 Å². The summed E-state index contributed by atoms with van der Waals surface area (Å²) in [6, 6.07) is 1.000. The molecule has 0 radical (unpaired) electrons. The number of nitrogens with zero attached hydrogens (tertiary/aromatic N) is 3. The molecule has 1 aliphatic carbocycles. The van der Waals surface area contributed by atoms with Crippen LogP contribution in [0.3, 0.4) is 0 Å². The van der Waals surface area contributed by atoms with Gasteiger partial charge in [0.15, 0.2) is 0 Å². The first kappa shape index (κ1) is 12.8. The molecule has 1 atom stereocenters. The molecule has 1 aromatic heterocycles. The number of nitrogen functional groups attached to an aromatic ring is 1. The highest BCUT2D eigenvalue weighted by Gasteiger charge is 2.29. The fourth-order valence-corrected chi connectivity index (χ4v) is 1.81. The second kappa shape index (κ2) is 5.30. The van der Waals surface area contributed by atoms with Gasteiger partial charge < -0.3 is 11.1 Å². The number of carbonyl (C=O) groups is 1. The molecule has 6 heteroatoms. The number of hydrogen-bond acceptors (Lipinski definition) is 5. The summed E-state index contributed by atoms with van der Waals surface area (Å²) in [6.45, 7) is 2.70. The molecule has 0 bridgehead atoms. The summed E-state index contributed by atoms with van der Waals surface area (Å²) in [6.07, 6.45) is 5.35. The normalized spacial score (nSPS) is 16.6. The number of hydrogen-bond donors (Lipinski definition) is 2. The second-order valence-electron chi connectivity index (χ2n) is 4.78. The smallest absolute Gasteiger partial charge is 0.271 e. The van der Waals surface area contributed by atoms with E-state index in [0.717, 1.165) is 0 Å². The van der Waals surface area contributed by atoms with E-state index in [2.05, 4.69) is 34.2 Å². The van der Waals surface area contributed by atoms with Gasteiger partial charge in [0.2, 0.25) is 0 Å². The Hall–Kier alpha value is -1.69. The van der Waals surface area contributed by atoms with Crippen LogP contribution < -0.4 is 11.1 Å². The molecular formula is C12H19N5O. The van der Waals surface area contributed by atoms with Crippen LogP contribution in [-0.2, 0) is 0 Å². The summed E-state index contributed by atoms with van der Waals surface area (Å²) in [4.78, 5) is 21.9. The average Bonchev–Trinajstić information content (AvgIpc) is 3.18. The van der Waals surface area contributed by atoms with Crippen molar-refractivity contribution in [2.24, 2.45) is 0 Å². The van der Waals surface area contributed by atoms with Gasteiger partial charge in [-0.2, -0.15) is 0 Å². The molecule has 98 valence electrons. The minimum atomic E-state index is -0.231. The first-order valence-electron chi connectivity index (χ1n) is 6.15. The zero-order chi connectivity index (χ0) is 13.1. The Morgan fingerprint density at radius 3 is 2.94 bits per heavy atom. The number of likely N-dealkylation sites (N-methyl/N-ethyl adjacent to an activating group) is 1. The van der Waals surface area contributed by atoms with Crippen molar-refractivity contribution >= 4 is 11.7 Å². The Morgan fingerprint density at radius 1 is 1.61 bits per heavy atom. The van der Waals surface area contributed by atoms with E-state index in [9.17, 15) is 4.79 Å². The Balaban J connectivity index is 1.84. The highest BCUT2D eigenvalue weighted by Crippen LogP contribution is 2.26. The molecule has 3 N–H and O–H groups in total. The molecule has 2 rings (SSSR count). The Kier molecular flexibility index (Phi) is 3.76. The minimum Gasteiger partial charge on any atom is -0.382 e. The van der Waals surface area contributed by atoms with Crippen molar-refractivity contribution in [3.8, 4) is 0 Å². The van der Waals surface area contributed by atoms with Gasteiger partial charge in [0.25, 0.3) is 5.91 Å². The van der Waals surface area contributed by atoms with Gasteiger partial charge in [0.1, 0.15) is 11.5 Å². The molecule has 6 nitrogen and oxygen atoms in total. The van der Waals surface area contributed by atoms with Crippen LogP contribution in [0.15, 0.2) is 12.4 Å². The molecule has 0 spiro atoms. The van der Waals surface area contributed by atoms with E-state index in [-0.39, 0.29) is 17.4 Å². The van der Waals surface area contributed by atoms with Crippen LogP contribution in [0.4, 0.5) is 5.82 Å². The van der Waals surface area contributed by atoms with Gasteiger partial charge in [-0.05, 0) is 26.8 Å². The molecule has 1 fully saturated rings. The number of carbonyl (C=O) groups excluding carboxylic acids is 1. The third-order valence-electron chi connectivity index (χ3n) is 3.26. The van der Waals surface area contributed by atoms with Crippen LogP contribution in [0.2, 0.25) is 0 Å². The summed E-state index contributed by atoms with van der Waals surface area (Å²) in [5.74, 6) is 0.0247. The number of aromatic nitrogens is 2. The van der Waals surface area contributed by atoms with Crippen molar-refractivity contribution in [2.75, 3.05) is 19.3 Å². The molecule has 0 saturated heterocycles. The zero-order valence-electron chi connectivity index (χ0n) is 10.8. The van der Waals surface area contributed by atoms with Crippen molar-refractivity contribution in [1.82, 2.24) is 20.2 Å². The topological polar surface area (TPSA) is 84.1 Å². The molecule has 1 aromatic rings. The molecule has 1 saturated carbocycles. The third-order valence-corrected chi connectivity index (χ3v) is 3.26. The van der Waals surface area contributed by atoms with Gasteiger partial charge in [-0.1, -0.05) is 0 Å². The lowest BCUT2D eigenvalue weighted by Gasteiger charge is -2.24. The van der Waals surface area contributed by atoms with E-state index >= 15 is 0 Å². The van der Waals surface area contributed by atoms with Gasteiger partial charge in [0, 0.05) is 18.6 Å². The Morgan fingerprint density at radius 2 is 2.33 bits per heavy atom. The lowest BCUT2D eigenvalue weighted by atomic mass is 10.3. The molecule has 1 unspecified atom stereocenters. The van der Waals surface area contributed by atoms with E-state index < -0.39 is 0 Å². The monoisotopic (exact) mass is 249 g/mol. The fourth-order valence-electron chi connectivity index (χ4n) is 1.81. The van der Waals surface area contributed by atoms with E-state index in [1.807, 2.05) is 0 Å². The van der Waals surface area contributed by atoms with Crippen molar-refractivity contribution in [3.63, 3.8) is 0 Å². The molecule has 1 heterocycles. The summed E-state index contributed by atoms with van der Waals surface area (Å²) < 4.78 is 0. The molecule has 0 aromatic carbocycles. The maximum Gasteiger partial charge on any atom is 0.271 e. The molecule has 18 heavy (non-hydrogen) atoms. The van der Waals surface area contributed by atoms with Gasteiger partial charge in [0.05, 0.1) is 12.4 Å². The highest BCUT2D eigenvalue weighted by molar-refractivity contribution is 5.92. The first-order valence-corrected chi connectivity index (χ1v) is 6.15. The lowest BCUT2D eigenvalue weighted by Crippen LogP contribution is -2.41. The molecule has 1 aliphatic rings. The molecular weight excluding hydrogens is 230 g/mol. The first-order chi connectivity index (χ1) is 8.58. The minimum absolute atomic E-state index is 0.231. The van der Waals surface area contributed by atoms with E-state index in [1.165, 1.54) is 25.2 Å². The largest absolute Gasteiger partial charge is 0.382 e. The van der Waals surface area contributed by atoms with Gasteiger partial charge >= 0.3 is 0 Å². The predicted octanol–water partition coefficient (Wildman–Crippen LogP) is 0.271. The SMILES string of the molecule is CC(CNC(=O)c1cncc(N)n1)N(C)C1CC1. The average molecular weight is 249 g/mol. The van der Waals surface area contributed by atoms with Crippen LogP contribution in [-0.4, -0.2) is 46.5 Å². The summed E-state index contributed by atoms with van der Waals surface area (Å²) >= 11 is 0. The summed E-state index contributed by atoms with van der Waals surface area (Å²) in [5, 5.41) is 2.85. The summed E-state index contributed by atoms with van der Waals surface area (Å²) in [5.41, 5.74) is 5.75. The van der Waals surface area contributed by atoms with Gasteiger partial charge in [-0.15, -0.1) is 0 Å². The second-order valence-corrected chi connectivity index (χ2v) is 4.78. The quantitative estimate of drug-likeness (QED) is 0.782. The number of amides is 1.